The van der Waals surface area contributed by atoms with Crippen LogP contribution in [0.1, 0.15) is 10.4 Å². The number of halogens is 1. The molecule has 1 aromatic carbocycles. The molecule has 0 saturated carbocycles. The summed E-state index contributed by atoms with van der Waals surface area (Å²) in [7, 11) is 0. The first-order chi connectivity index (χ1) is 9.70. The third kappa shape index (κ3) is 3.72. The topological polar surface area (TPSA) is 71.5 Å². The highest BCUT2D eigenvalue weighted by atomic mass is 19.1. The second-order valence-electron chi connectivity index (χ2n) is 4.15. The average molecular weight is 278 g/mol. The van der Waals surface area contributed by atoms with E-state index in [4.69, 9.17) is 9.84 Å². The van der Waals surface area contributed by atoms with Gasteiger partial charge in [-0.3, -0.25) is 9.78 Å². The number of nitrogens with one attached hydrogen (secondary N) is 1. The van der Waals surface area contributed by atoms with Gasteiger partial charge in [0.2, 0.25) is 0 Å². The van der Waals surface area contributed by atoms with E-state index < -0.39 is 0 Å². The second kappa shape index (κ2) is 6.93. The molecule has 2 N–H and O–H groups in total. The number of aromatic nitrogens is 1. The maximum absolute atomic E-state index is 13.0. The van der Waals surface area contributed by atoms with Gasteiger partial charge in [-0.15, -0.1) is 0 Å². The fourth-order valence-corrected chi connectivity index (χ4v) is 1.72. The number of aliphatic hydroxyl groups is 1. The predicted octanol–water partition coefficient (Wildman–Crippen LogP) is 1.11. The van der Waals surface area contributed by atoms with Gasteiger partial charge in [-0.2, -0.15) is 0 Å². The van der Waals surface area contributed by atoms with Gasteiger partial charge in [-0.1, -0.05) is 0 Å². The summed E-state index contributed by atoms with van der Waals surface area (Å²) in [5.74, 6) is -0.625. The SMILES string of the molecule is O=C(NCCOCCO)c1cnc2cc(F)ccc2c1. The van der Waals surface area contributed by atoms with Crippen molar-refractivity contribution in [2.24, 2.45) is 0 Å². The Balaban J connectivity index is 1.98. The summed E-state index contributed by atoms with van der Waals surface area (Å²) in [5, 5.41) is 11.9. The number of carbonyl (C=O) groups excluding carboxylic acids is 1. The molecule has 2 rings (SSSR count). The van der Waals surface area contributed by atoms with Crippen LogP contribution >= 0.6 is 0 Å². The third-order valence-electron chi connectivity index (χ3n) is 2.68. The van der Waals surface area contributed by atoms with Crippen LogP contribution in [0.25, 0.3) is 10.9 Å². The molecule has 0 aliphatic heterocycles. The Morgan fingerprint density at radius 1 is 1.35 bits per heavy atom. The van der Waals surface area contributed by atoms with Crippen LogP contribution in [-0.4, -0.2) is 42.4 Å². The maximum Gasteiger partial charge on any atom is 0.252 e. The molecule has 0 fully saturated rings. The normalized spacial score (nSPS) is 10.7. The Hall–Kier alpha value is -2.05. The van der Waals surface area contributed by atoms with Crippen LogP contribution in [0.2, 0.25) is 0 Å². The fourth-order valence-electron chi connectivity index (χ4n) is 1.72. The monoisotopic (exact) mass is 278 g/mol. The van der Waals surface area contributed by atoms with E-state index in [2.05, 4.69) is 10.3 Å². The zero-order valence-corrected chi connectivity index (χ0v) is 10.8. The summed E-state index contributed by atoms with van der Waals surface area (Å²) in [6, 6.07) is 5.89. The molecule has 0 aliphatic rings. The van der Waals surface area contributed by atoms with Crippen molar-refractivity contribution in [3.05, 3.63) is 41.8 Å². The summed E-state index contributed by atoms with van der Waals surface area (Å²) in [6.45, 7) is 0.886. The number of aliphatic hydroxyl groups excluding tert-OH is 1. The summed E-state index contributed by atoms with van der Waals surface area (Å²) >= 11 is 0. The zero-order valence-electron chi connectivity index (χ0n) is 10.8. The largest absolute Gasteiger partial charge is 0.394 e. The molecule has 20 heavy (non-hydrogen) atoms. The molecule has 0 radical (unpaired) electrons. The molecule has 0 unspecified atom stereocenters. The van der Waals surface area contributed by atoms with Crippen molar-refractivity contribution in [3.8, 4) is 0 Å². The van der Waals surface area contributed by atoms with Crippen LogP contribution in [0.4, 0.5) is 4.39 Å². The first-order valence-corrected chi connectivity index (χ1v) is 6.23. The number of ether oxygens (including phenoxy) is 1. The van der Waals surface area contributed by atoms with Gasteiger partial charge in [0.05, 0.1) is 30.9 Å². The average Bonchev–Trinajstić information content (AvgIpc) is 2.46. The van der Waals surface area contributed by atoms with Gasteiger partial charge in [0.25, 0.3) is 5.91 Å². The van der Waals surface area contributed by atoms with E-state index in [0.717, 1.165) is 0 Å². The molecule has 2 aromatic rings. The molecular weight excluding hydrogens is 263 g/mol. The number of rotatable bonds is 6. The Bertz CT molecular complexity index is 604. The van der Waals surface area contributed by atoms with E-state index in [1.165, 1.54) is 18.3 Å². The smallest absolute Gasteiger partial charge is 0.252 e. The molecule has 1 amide bonds. The molecule has 0 bridgehead atoms. The maximum atomic E-state index is 13.0. The lowest BCUT2D eigenvalue weighted by Gasteiger charge is -2.06. The van der Waals surface area contributed by atoms with E-state index in [0.29, 0.717) is 29.6 Å². The lowest BCUT2D eigenvalue weighted by molar-refractivity contribution is 0.0838. The van der Waals surface area contributed by atoms with E-state index >= 15 is 0 Å². The molecule has 0 aliphatic carbocycles. The van der Waals surface area contributed by atoms with Gasteiger partial charge in [-0.25, -0.2) is 4.39 Å². The summed E-state index contributed by atoms with van der Waals surface area (Å²) < 4.78 is 18.0. The number of hydrogen-bond donors (Lipinski definition) is 2. The molecule has 1 aromatic heterocycles. The Kier molecular flexibility index (Phi) is 4.97. The van der Waals surface area contributed by atoms with Crippen LogP contribution in [0.15, 0.2) is 30.5 Å². The van der Waals surface area contributed by atoms with Crippen molar-refractivity contribution < 1.29 is 19.0 Å². The second-order valence-corrected chi connectivity index (χ2v) is 4.15. The van der Waals surface area contributed by atoms with E-state index in [1.807, 2.05) is 0 Å². The van der Waals surface area contributed by atoms with Crippen molar-refractivity contribution in [2.75, 3.05) is 26.4 Å². The van der Waals surface area contributed by atoms with Gasteiger partial charge in [0, 0.05) is 24.2 Å². The number of benzene rings is 1. The fraction of sp³-hybridized carbons (Fsp3) is 0.286. The molecular formula is C14H15FN2O3. The quantitative estimate of drug-likeness (QED) is 0.777. The Morgan fingerprint density at radius 2 is 2.20 bits per heavy atom. The van der Waals surface area contributed by atoms with Gasteiger partial charge in [-0.05, 0) is 18.2 Å². The van der Waals surface area contributed by atoms with Gasteiger partial charge < -0.3 is 15.2 Å². The molecule has 0 saturated heterocycles. The van der Waals surface area contributed by atoms with Gasteiger partial charge in [0.15, 0.2) is 0 Å². The predicted molar refractivity (Wildman–Crippen MR) is 71.9 cm³/mol. The minimum atomic E-state index is -0.358. The van der Waals surface area contributed by atoms with Gasteiger partial charge >= 0.3 is 0 Å². The molecule has 1 heterocycles. The van der Waals surface area contributed by atoms with E-state index in [9.17, 15) is 9.18 Å². The highest BCUT2D eigenvalue weighted by molar-refractivity contribution is 5.97. The molecule has 6 heteroatoms. The summed E-state index contributed by atoms with van der Waals surface area (Å²) in [4.78, 5) is 15.9. The number of pyridine rings is 1. The minimum absolute atomic E-state index is 0.0426. The van der Waals surface area contributed by atoms with Gasteiger partial charge in [0.1, 0.15) is 5.82 Å². The number of carbonyl (C=O) groups is 1. The number of amides is 1. The number of nitrogens with zero attached hydrogens (tertiary/aromatic N) is 1. The molecule has 0 spiro atoms. The lowest BCUT2D eigenvalue weighted by Crippen LogP contribution is -2.27. The van der Waals surface area contributed by atoms with E-state index in [-0.39, 0.29) is 24.9 Å². The lowest BCUT2D eigenvalue weighted by atomic mass is 10.1. The highest BCUT2D eigenvalue weighted by Crippen LogP contribution is 2.14. The van der Waals surface area contributed by atoms with E-state index in [1.54, 1.807) is 12.1 Å². The molecule has 106 valence electrons. The van der Waals surface area contributed by atoms with Crippen LogP contribution < -0.4 is 5.32 Å². The zero-order chi connectivity index (χ0) is 14.4. The minimum Gasteiger partial charge on any atom is -0.394 e. The van der Waals surface area contributed by atoms with Crippen LogP contribution in [0.3, 0.4) is 0 Å². The molecule has 5 nitrogen and oxygen atoms in total. The third-order valence-corrected chi connectivity index (χ3v) is 2.68. The van der Waals surface area contributed by atoms with Crippen molar-refractivity contribution in [1.82, 2.24) is 10.3 Å². The number of hydrogen-bond acceptors (Lipinski definition) is 4. The van der Waals surface area contributed by atoms with Crippen LogP contribution in [0, 0.1) is 5.82 Å². The summed E-state index contributed by atoms with van der Waals surface area (Å²) in [5.41, 5.74) is 0.916. The highest BCUT2D eigenvalue weighted by Gasteiger charge is 2.07. The first kappa shape index (κ1) is 14.4. The first-order valence-electron chi connectivity index (χ1n) is 6.23. The van der Waals surface area contributed by atoms with Crippen LogP contribution in [0.5, 0.6) is 0 Å². The number of fused-ring (bicyclic) bond motifs is 1. The van der Waals surface area contributed by atoms with Crippen molar-refractivity contribution in [2.45, 2.75) is 0 Å². The van der Waals surface area contributed by atoms with Crippen molar-refractivity contribution >= 4 is 16.8 Å². The standard InChI is InChI=1S/C14H15FN2O3/c15-12-2-1-10-7-11(9-17-13(10)8-12)14(19)16-3-5-20-6-4-18/h1-2,7-9,18H,3-6H2,(H,16,19). The summed E-state index contributed by atoms with van der Waals surface area (Å²) in [6.07, 6.45) is 1.41. The van der Waals surface area contributed by atoms with Crippen molar-refractivity contribution in [3.63, 3.8) is 0 Å². The molecule has 0 atom stereocenters. The van der Waals surface area contributed by atoms with Crippen LogP contribution in [-0.2, 0) is 4.74 Å². The Labute approximate surface area is 115 Å². The Morgan fingerprint density at radius 3 is 3.00 bits per heavy atom. The van der Waals surface area contributed by atoms with Crippen molar-refractivity contribution in [1.29, 1.82) is 0 Å².